The zero-order valence-electron chi connectivity index (χ0n) is 10.7. The summed E-state index contributed by atoms with van der Waals surface area (Å²) >= 11 is 0. The molecule has 1 saturated carbocycles. The van der Waals surface area contributed by atoms with Gasteiger partial charge in [0.2, 0.25) is 11.8 Å². The van der Waals surface area contributed by atoms with Gasteiger partial charge in [0, 0.05) is 13.0 Å². The van der Waals surface area contributed by atoms with Crippen LogP contribution in [0.2, 0.25) is 0 Å². The molecule has 0 aliphatic heterocycles. The van der Waals surface area contributed by atoms with Gasteiger partial charge in [-0.15, -0.1) is 0 Å². The van der Waals surface area contributed by atoms with Gasteiger partial charge in [-0.05, 0) is 45.1 Å². The van der Waals surface area contributed by atoms with Crippen LogP contribution in [-0.4, -0.2) is 31.4 Å². The second kappa shape index (κ2) is 6.59. The Morgan fingerprint density at radius 2 is 1.88 bits per heavy atom. The molecule has 17 heavy (non-hydrogen) atoms. The van der Waals surface area contributed by atoms with Gasteiger partial charge in [-0.25, -0.2) is 0 Å². The number of rotatable bonds is 4. The molecule has 1 aliphatic carbocycles. The van der Waals surface area contributed by atoms with Crippen LogP contribution in [0, 0.1) is 11.8 Å². The van der Waals surface area contributed by atoms with Crippen molar-refractivity contribution < 1.29 is 9.59 Å². The molecular formula is C12H23N3O2. The van der Waals surface area contributed by atoms with Gasteiger partial charge in [-0.2, -0.15) is 0 Å². The summed E-state index contributed by atoms with van der Waals surface area (Å²) < 4.78 is 0. The van der Waals surface area contributed by atoms with Gasteiger partial charge in [0.25, 0.3) is 0 Å². The second-order valence-corrected chi connectivity index (χ2v) is 4.80. The van der Waals surface area contributed by atoms with E-state index in [-0.39, 0.29) is 17.7 Å². The maximum absolute atomic E-state index is 11.9. The highest BCUT2D eigenvalue weighted by atomic mass is 16.2. The quantitative estimate of drug-likeness (QED) is 0.648. The summed E-state index contributed by atoms with van der Waals surface area (Å²) in [5.74, 6) is 0.450. The summed E-state index contributed by atoms with van der Waals surface area (Å²) in [7, 11) is 1.57. The first kappa shape index (κ1) is 14.0. The Balaban J connectivity index is 2.36. The molecule has 0 aromatic rings. The third kappa shape index (κ3) is 4.00. The molecular weight excluding hydrogens is 218 g/mol. The number of likely N-dealkylation sites (N-methyl/N-ethyl adjacent to an activating group) is 1. The Morgan fingerprint density at radius 1 is 1.29 bits per heavy atom. The molecule has 1 fully saturated rings. The average molecular weight is 241 g/mol. The Hall–Kier alpha value is -1.10. The molecule has 1 aliphatic rings. The van der Waals surface area contributed by atoms with Crippen molar-refractivity contribution in [2.75, 3.05) is 13.6 Å². The molecule has 0 radical (unpaired) electrons. The summed E-state index contributed by atoms with van der Waals surface area (Å²) in [6.45, 7) is 2.41. The zero-order valence-corrected chi connectivity index (χ0v) is 10.7. The smallest absolute Gasteiger partial charge is 0.242 e. The van der Waals surface area contributed by atoms with Crippen molar-refractivity contribution >= 4 is 11.8 Å². The predicted octanol–water partition coefficient (Wildman–Crippen LogP) is 0.00220. The normalized spacial score (nSPS) is 26.1. The van der Waals surface area contributed by atoms with Gasteiger partial charge in [0.1, 0.15) is 6.04 Å². The van der Waals surface area contributed by atoms with Gasteiger partial charge < -0.3 is 16.4 Å². The zero-order chi connectivity index (χ0) is 12.8. The molecule has 0 bridgehead atoms. The van der Waals surface area contributed by atoms with E-state index in [1.165, 1.54) is 0 Å². The molecule has 1 unspecified atom stereocenters. The number of carbonyl (C=O) groups is 2. The van der Waals surface area contributed by atoms with Gasteiger partial charge >= 0.3 is 0 Å². The summed E-state index contributed by atoms with van der Waals surface area (Å²) in [4.78, 5) is 23.2. The van der Waals surface area contributed by atoms with Gasteiger partial charge in [-0.1, -0.05) is 0 Å². The lowest BCUT2D eigenvalue weighted by Crippen LogP contribution is -2.46. The van der Waals surface area contributed by atoms with Crippen LogP contribution in [0.3, 0.4) is 0 Å². The minimum Gasteiger partial charge on any atom is -0.357 e. The summed E-state index contributed by atoms with van der Waals surface area (Å²) in [6, 6.07) is -0.459. The van der Waals surface area contributed by atoms with Crippen LogP contribution in [0.4, 0.5) is 0 Å². The number of nitrogens with one attached hydrogen (secondary N) is 2. The molecule has 0 heterocycles. The van der Waals surface area contributed by atoms with Gasteiger partial charge in [0.05, 0.1) is 0 Å². The number of carbonyl (C=O) groups excluding carboxylic acids is 2. The third-order valence-electron chi connectivity index (χ3n) is 3.55. The van der Waals surface area contributed by atoms with Crippen molar-refractivity contribution in [3.05, 3.63) is 0 Å². The topological polar surface area (TPSA) is 84.2 Å². The molecule has 98 valence electrons. The van der Waals surface area contributed by atoms with Crippen molar-refractivity contribution in [2.45, 2.75) is 38.6 Å². The van der Waals surface area contributed by atoms with Crippen LogP contribution in [0.25, 0.3) is 0 Å². The second-order valence-electron chi connectivity index (χ2n) is 4.80. The van der Waals surface area contributed by atoms with Gasteiger partial charge in [0.15, 0.2) is 0 Å². The summed E-state index contributed by atoms with van der Waals surface area (Å²) in [5.41, 5.74) is 5.61. The van der Waals surface area contributed by atoms with Crippen molar-refractivity contribution in [3.63, 3.8) is 0 Å². The first-order valence-electron chi connectivity index (χ1n) is 6.30. The first-order valence-corrected chi connectivity index (χ1v) is 6.30. The van der Waals surface area contributed by atoms with E-state index in [2.05, 4.69) is 10.6 Å². The fourth-order valence-corrected chi connectivity index (χ4v) is 2.27. The van der Waals surface area contributed by atoms with Crippen molar-refractivity contribution in [1.29, 1.82) is 0 Å². The van der Waals surface area contributed by atoms with E-state index in [4.69, 9.17) is 5.73 Å². The van der Waals surface area contributed by atoms with E-state index in [1.54, 1.807) is 14.0 Å². The highest BCUT2D eigenvalue weighted by Gasteiger charge is 2.27. The fraction of sp³-hybridized carbons (Fsp3) is 0.833. The fourth-order valence-electron chi connectivity index (χ4n) is 2.27. The Kier molecular flexibility index (Phi) is 5.41. The van der Waals surface area contributed by atoms with E-state index in [1.807, 2.05) is 0 Å². The lowest BCUT2D eigenvalue weighted by Gasteiger charge is -2.27. The van der Waals surface area contributed by atoms with E-state index in [0.29, 0.717) is 12.5 Å². The molecule has 0 saturated heterocycles. The molecule has 4 N–H and O–H groups in total. The minimum absolute atomic E-state index is 0.00317. The number of hydrogen-bond donors (Lipinski definition) is 3. The van der Waals surface area contributed by atoms with E-state index >= 15 is 0 Å². The summed E-state index contributed by atoms with van der Waals surface area (Å²) in [5, 5.41) is 5.27. The number of amides is 2. The molecule has 5 nitrogen and oxygen atoms in total. The molecule has 1 atom stereocenters. The minimum atomic E-state index is -0.459. The van der Waals surface area contributed by atoms with E-state index in [0.717, 1.165) is 25.7 Å². The highest BCUT2D eigenvalue weighted by Crippen LogP contribution is 2.28. The standard InChI is InChI=1S/C12H23N3O2/c1-8(11(16)14-2)15-12(17)10-5-3-9(7-13)4-6-10/h8-10H,3-7,13H2,1-2H3,(H,14,16)(H,15,17). The highest BCUT2D eigenvalue weighted by molar-refractivity contribution is 5.87. The molecule has 0 spiro atoms. The van der Waals surface area contributed by atoms with Crippen molar-refractivity contribution in [3.8, 4) is 0 Å². The monoisotopic (exact) mass is 241 g/mol. The largest absolute Gasteiger partial charge is 0.357 e. The first-order chi connectivity index (χ1) is 8.08. The third-order valence-corrected chi connectivity index (χ3v) is 3.55. The molecule has 0 aromatic carbocycles. The van der Waals surface area contributed by atoms with Crippen LogP contribution in [0.15, 0.2) is 0 Å². The number of hydrogen-bond acceptors (Lipinski definition) is 3. The number of nitrogens with two attached hydrogens (primary N) is 1. The van der Waals surface area contributed by atoms with Crippen LogP contribution in [-0.2, 0) is 9.59 Å². The molecule has 5 heteroatoms. The van der Waals surface area contributed by atoms with Crippen molar-refractivity contribution in [1.82, 2.24) is 10.6 Å². The Bertz CT molecular complexity index is 273. The average Bonchev–Trinajstić information content (AvgIpc) is 2.37. The molecule has 1 rings (SSSR count). The SMILES string of the molecule is CNC(=O)C(C)NC(=O)C1CCC(CN)CC1. The maximum atomic E-state index is 11.9. The van der Waals surface area contributed by atoms with Crippen LogP contribution >= 0.6 is 0 Å². The van der Waals surface area contributed by atoms with Gasteiger partial charge in [-0.3, -0.25) is 9.59 Å². The predicted molar refractivity (Wildman–Crippen MR) is 66.2 cm³/mol. The van der Waals surface area contributed by atoms with E-state index < -0.39 is 6.04 Å². The van der Waals surface area contributed by atoms with Crippen LogP contribution in [0.1, 0.15) is 32.6 Å². The van der Waals surface area contributed by atoms with Crippen LogP contribution < -0.4 is 16.4 Å². The lowest BCUT2D eigenvalue weighted by atomic mass is 9.81. The lowest BCUT2D eigenvalue weighted by molar-refractivity contribution is -0.131. The molecule has 0 aromatic heterocycles. The van der Waals surface area contributed by atoms with Crippen molar-refractivity contribution in [2.24, 2.45) is 17.6 Å². The van der Waals surface area contributed by atoms with Crippen LogP contribution in [0.5, 0.6) is 0 Å². The maximum Gasteiger partial charge on any atom is 0.242 e. The summed E-state index contributed by atoms with van der Waals surface area (Å²) in [6.07, 6.45) is 3.80. The molecule has 2 amide bonds. The Morgan fingerprint density at radius 3 is 2.35 bits per heavy atom. The Labute approximate surface area is 103 Å². The van der Waals surface area contributed by atoms with E-state index in [9.17, 15) is 9.59 Å².